The van der Waals surface area contributed by atoms with Crippen molar-refractivity contribution in [2.45, 2.75) is 43.4 Å². The Labute approximate surface area is 181 Å². The second-order valence-corrected chi connectivity index (χ2v) is 9.03. The molecule has 0 aromatic heterocycles. The molecule has 0 amide bonds. The largest absolute Gasteiger partial charge is 0.481 e. The number of hydrogen-bond donors (Lipinski definition) is 1. The molecule has 0 aliphatic heterocycles. The van der Waals surface area contributed by atoms with Crippen molar-refractivity contribution >= 4 is 43.8 Å². The minimum atomic E-state index is -0.699. The zero-order valence-electron chi connectivity index (χ0n) is 15.6. The average Bonchev–Trinajstić information content (AvgIpc) is 3.57. The molecule has 0 unspecified atom stereocenters. The maximum atomic E-state index is 11.8. The van der Waals surface area contributed by atoms with Crippen LogP contribution in [-0.4, -0.2) is 23.7 Å². The van der Waals surface area contributed by atoms with Gasteiger partial charge in [0.15, 0.2) is 0 Å². The van der Waals surface area contributed by atoms with E-state index in [4.69, 9.17) is 9.84 Å². The van der Waals surface area contributed by atoms with Gasteiger partial charge in [-0.15, -0.1) is 0 Å². The summed E-state index contributed by atoms with van der Waals surface area (Å²) in [4.78, 5) is 22.7. The predicted octanol–water partition coefficient (Wildman–Crippen LogP) is 5.61. The van der Waals surface area contributed by atoms with Crippen LogP contribution in [0.4, 0.5) is 0 Å². The number of esters is 1. The molecule has 4 nitrogen and oxygen atoms in total. The van der Waals surface area contributed by atoms with Crippen molar-refractivity contribution in [2.75, 3.05) is 6.61 Å². The minimum absolute atomic E-state index is 0.0766. The van der Waals surface area contributed by atoms with E-state index < -0.39 is 11.4 Å². The van der Waals surface area contributed by atoms with Gasteiger partial charge in [-0.1, -0.05) is 56.1 Å². The van der Waals surface area contributed by atoms with E-state index in [0.29, 0.717) is 6.61 Å². The van der Waals surface area contributed by atoms with Gasteiger partial charge in [0.25, 0.3) is 0 Å². The normalized spacial score (nSPS) is 17.7. The highest BCUT2D eigenvalue weighted by molar-refractivity contribution is 9.10. The van der Waals surface area contributed by atoms with Gasteiger partial charge in [-0.25, -0.2) is 0 Å². The van der Waals surface area contributed by atoms with Crippen molar-refractivity contribution < 1.29 is 19.4 Å². The SMILES string of the molecule is CCOC(=O)C1(c2ccc(Br)cc2)CC1.O=C(O)C1(c2ccc(Br)cc2)CC1. The molecule has 28 heavy (non-hydrogen) atoms. The summed E-state index contributed by atoms with van der Waals surface area (Å²) < 4.78 is 7.12. The summed E-state index contributed by atoms with van der Waals surface area (Å²) in [5.41, 5.74) is 1.09. The zero-order chi connectivity index (χ0) is 20.4. The summed E-state index contributed by atoms with van der Waals surface area (Å²) in [7, 11) is 0. The smallest absolute Gasteiger partial charge is 0.316 e. The van der Waals surface area contributed by atoms with Crippen LogP contribution in [0.3, 0.4) is 0 Å². The monoisotopic (exact) mass is 508 g/mol. The summed E-state index contributed by atoms with van der Waals surface area (Å²) in [6.45, 7) is 2.30. The van der Waals surface area contributed by atoms with Crippen molar-refractivity contribution in [1.29, 1.82) is 0 Å². The van der Waals surface area contributed by atoms with Crippen LogP contribution >= 0.6 is 31.9 Å². The third kappa shape index (κ3) is 4.33. The van der Waals surface area contributed by atoms with Crippen LogP contribution in [0.15, 0.2) is 57.5 Å². The van der Waals surface area contributed by atoms with Gasteiger partial charge in [-0.05, 0) is 68.0 Å². The number of carbonyl (C=O) groups is 2. The predicted molar refractivity (Wildman–Crippen MR) is 114 cm³/mol. The van der Waals surface area contributed by atoms with Gasteiger partial charge in [0, 0.05) is 8.95 Å². The number of benzene rings is 2. The van der Waals surface area contributed by atoms with Crippen molar-refractivity contribution in [2.24, 2.45) is 0 Å². The molecule has 6 heteroatoms. The van der Waals surface area contributed by atoms with Crippen LogP contribution in [-0.2, 0) is 25.2 Å². The number of halogens is 2. The Balaban J connectivity index is 0.000000162. The van der Waals surface area contributed by atoms with E-state index in [1.807, 2.05) is 55.5 Å². The quantitative estimate of drug-likeness (QED) is 0.532. The molecule has 148 valence electrons. The molecule has 0 spiro atoms. The molecule has 2 aliphatic rings. The van der Waals surface area contributed by atoms with Crippen LogP contribution in [0.25, 0.3) is 0 Å². The molecule has 1 N–H and O–H groups in total. The zero-order valence-corrected chi connectivity index (χ0v) is 18.8. The summed E-state index contributed by atoms with van der Waals surface area (Å²) >= 11 is 6.71. The third-order valence-corrected chi connectivity index (χ3v) is 6.43. The second-order valence-electron chi connectivity index (χ2n) is 7.20. The Hall–Kier alpha value is -1.66. The Kier molecular flexibility index (Phi) is 6.30. The summed E-state index contributed by atoms with van der Waals surface area (Å²) in [6.07, 6.45) is 3.36. The van der Waals surface area contributed by atoms with E-state index in [0.717, 1.165) is 45.8 Å². The van der Waals surface area contributed by atoms with Crippen LogP contribution in [0.5, 0.6) is 0 Å². The lowest BCUT2D eigenvalue weighted by Gasteiger charge is -2.13. The van der Waals surface area contributed by atoms with E-state index >= 15 is 0 Å². The van der Waals surface area contributed by atoms with Gasteiger partial charge in [-0.3, -0.25) is 9.59 Å². The molecule has 2 saturated carbocycles. The van der Waals surface area contributed by atoms with Gasteiger partial charge >= 0.3 is 11.9 Å². The molecule has 0 saturated heterocycles. The number of rotatable bonds is 5. The van der Waals surface area contributed by atoms with E-state index in [-0.39, 0.29) is 11.4 Å². The van der Waals surface area contributed by atoms with Gasteiger partial charge in [0.2, 0.25) is 0 Å². The Morgan fingerprint density at radius 3 is 1.57 bits per heavy atom. The molecular formula is C22H22Br2O4. The van der Waals surface area contributed by atoms with E-state index in [1.54, 1.807) is 0 Å². The first-order chi connectivity index (χ1) is 13.3. The molecule has 2 aromatic rings. The van der Waals surface area contributed by atoms with Crippen LogP contribution < -0.4 is 0 Å². The molecule has 2 fully saturated rings. The minimum Gasteiger partial charge on any atom is -0.481 e. The van der Waals surface area contributed by atoms with Gasteiger partial charge in [0.05, 0.1) is 17.4 Å². The summed E-state index contributed by atoms with van der Waals surface area (Å²) in [5, 5.41) is 9.01. The van der Waals surface area contributed by atoms with Crippen molar-refractivity contribution in [1.82, 2.24) is 0 Å². The Morgan fingerprint density at radius 1 is 0.857 bits per heavy atom. The highest BCUT2D eigenvalue weighted by Gasteiger charge is 2.53. The van der Waals surface area contributed by atoms with Crippen LogP contribution in [0.2, 0.25) is 0 Å². The standard InChI is InChI=1S/C12H13BrO2.C10H9BrO2/c1-2-15-11(14)12(7-8-12)9-3-5-10(13)6-4-9;11-8-3-1-7(2-4-8)10(5-6-10)9(12)13/h3-6H,2,7-8H2,1H3;1-4H,5-6H2,(H,12,13). The fourth-order valence-corrected chi connectivity index (χ4v) is 3.82. The topological polar surface area (TPSA) is 63.6 Å². The molecule has 0 radical (unpaired) electrons. The lowest BCUT2D eigenvalue weighted by Crippen LogP contribution is -2.23. The highest BCUT2D eigenvalue weighted by Crippen LogP contribution is 2.49. The molecule has 4 rings (SSSR count). The maximum Gasteiger partial charge on any atom is 0.316 e. The maximum absolute atomic E-state index is 11.8. The molecule has 2 aliphatic carbocycles. The lowest BCUT2D eigenvalue weighted by molar-refractivity contribution is -0.146. The fourth-order valence-electron chi connectivity index (χ4n) is 3.29. The number of ether oxygens (including phenoxy) is 1. The summed E-state index contributed by atoms with van der Waals surface area (Å²) in [6, 6.07) is 15.5. The number of carboxylic acid groups (broad SMARTS) is 1. The number of carboxylic acids is 1. The average molecular weight is 510 g/mol. The first kappa shape index (κ1) is 21.1. The highest BCUT2D eigenvalue weighted by atomic mass is 79.9. The number of aliphatic carboxylic acids is 1. The van der Waals surface area contributed by atoms with Crippen molar-refractivity contribution in [3.8, 4) is 0 Å². The van der Waals surface area contributed by atoms with Crippen LogP contribution in [0.1, 0.15) is 43.7 Å². The number of hydrogen-bond acceptors (Lipinski definition) is 3. The van der Waals surface area contributed by atoms with E-state index in [2.05, 4.69) is 31.9 Å². The fraction of sp³-hybridized carbons (Fsp3) is 0.364. The molecular weight excluding hydrogens is 488 g/mol. The van der Waals surface area contributed by atoms with Crippen molar-refractivity contribution in [3.63, 3.8) is 0 Å². The first-order valence-corrected chi connectivity index (χ1v) is 10.9. The molecule has 0 atom stereocenters. The summed E-state index contributed by atoms with van der Waals surface area (Å²) in [5.74, 6) is -0.776. The molecule has 0 heterocycles. The van der Waals surface area contributed by atoms with Gasteiger partial charge < -0.3 is 9.84 Å². The van der Waals surface area contributed by atoms with Crippen molar-refractivity contribution in [3.05, 3.63) is 68.6 Å². The first-order valence-electron chi connectivity index (χ1n) is 9.27. The van der Waals surface area contributed by atoms with Crippen LogP contribution in [0, 0.1) is 0 Å². The third-order valence-electron chi connectivity index (χ3n) is 5.37. The molecule has 0 bridgehead atoms. The van der Waals surface area contributed by atoms with E-state index in [9.17, 15) is 9.59 Å². The van der Waals surface area contributed by atoms with Gasteiger partial charge in [0.1, 0.15) is 0 Å². The lowest BCUT2D eigenvalue weighted by atomic mass is 9.96. The molecule has 2 aromatic carbocycles. The second kappa shape index (κ2) is 8.37. The Morgan fingerprint density at radius 2 is 1.25 bits per heavy atom. The Bertz CT molecular complexity index is 851. The number of carbonyl (C=O) groups excluding carboxylic acids is 1. The van der Waals surface area contributed by atoms with E-state index in [1.165, 1.54) is 0 Å². The van der Waals surface area contributed by atoms with Gasteiger partial charge in [-0.2, -0.15) is 0 Å².